The molecule has 0 unspecified atom stereocenters. The van der Waals surface area contributed by atoms with Crippen LogP contribution in [0, 0.1) is 0 Å². The van der Waals surface area contributed by atoms with E-state index in [9.17, 15) is 13.2 Å². The number of sulfonamides is 1. The molecule has 1 N–H and O–H groups in total. The van der Waals surface area contributed by atoms with Gasteiger partial charge < -0.3 is 14.8 Å². The lowest BCUT2D eigenvalue weighted by Gasteiger charge is -2.20. The Morgan fingerprint density at radius 3 is 2.41 bits per heavy atom. The van der Waals surface area contributed by atoms with E-state index in [4.69, 9.17) is 21.1 Å². The second kappa shape index (κ2) is 8.96. The molecule has 7 nitrogen and oxygen atoms in total. The van der Waals surface area contributed by atoms with E-state index in [1.165, 1.54) is 11.4 Å². The van der Waals surface area contributed by atoms with Gasteiger partial charge in [0.05, 0.1) is 24.7 Å². The van der Waals surface area contributed by atoms with E-state index in [-0.39, 0.29) is 12.5 Å². The van der Waals surface area contributed by atoms with Gasteiger partial charge >= 0.3 is 0 Å². The molecule has 0 heterocycles. The number of carbonyl (C=O) groups excluding carboxylic acids is 1. The third-order valence-electron chi connectivity index (χ3n) is 3.62. The molecule has 0 aliphatic carbocycles. The number of hydrogen-bond donors (Lipinski definition) is 1. The fraction of sp³-hybridized carbons (Fsp3) is 0.278. The Hall–Kier alpha value is -2.45. The van der Waals surface area contributed by atoms with E-state index in [1.54, 1.807) is 49.4 Å². The van der Waals surface area contributed by atoms with Crippen LogP contribution in [0.15, 0.2) is 42.5 Å². The maximum Gasteiger partial charge on any atom is 0.262 e. The van der Waals surface area contributed by atoms with Gasteiger partial charge in [0.15, 0.2) is 6.61 Å². The number of benzene rings is 2. The normalized spacial score (nSPS) is 11.0. The predicted molar refractivity (Wildman–Crippen MR) is 106 cm³/mol. The van der Waals surface area contributed by atoms with Gasteiger partial charge in [-0.15, -0.1) is 0 Å². The molecule has 1 amide bonds. The Balaban J connectivity index is 1.99. The molecular weight excluding hydrogens is 392 g/mol. The summed E-state index contributed by atoms with van der Waals surface area (Å²) in [7, 11) is -1.85. The molecule has 0 aliphatic heterocycles. The summed E-state index contributed by atoms with van der Waals surface area (Å²) in [5, 5.41) is 3.14. The summed E-state index contributed by atoms with van der Waals surface area (Å²) in [4.78, 5) is 12.1. The zero-order valence-corrected chi connectivity index (χ0v) is 16.8. The minimum absolute atomic E-state index is 0.224. The first-order valence-corrected chi connectivity index (χ1v) is 10.3. The van der Waals surface area contributed by atoms with Gasteiger partial charge in [0.25, 0.3) is 5.91 Å². The third kappa shape index (κ3) is 5.77. The van der Waals surface area contributed by atoms with Crippen molar-refractivity contribution in [1.29, 1.82) is 0 Å². The SMILES string of the molecule is CCN(c1ccc(OCC(=O)Nc2cc(Cl)ccc2OC)cc1)S(C)(=O)=O. The standard InChI is InChI=1S/C18H21ClN2O5S/c1-4-21(27(3,23)24)14-6-8-15(9-7-14)26-12-18(22)20-16-11-13(19)5-10-17(16)25-2/h5-11H,4,12H2,1-3H3,(H,20,22). The molecule has 2 aromatic carbocycles. The minimum Gasteiger partial charge on any atom is -0.495 e. The number of anilines is 2. The second-order valence-electron chi connectivity index (χ2n) is 5.60. The second-order valence-corrected chi connectivity index (χ2v) is 7.95. The van der Waals surface area contributed by atoms with Crippen LogP contribution in [0.4, 0.5) is 11.4 Å². The van der Waals surface area contributed by atoms with Gasteiger partial charge in [-0.05, 0) is 49.4 Å². The number of halogens is 1. The molecule has 0 bridgehead atoms. The van der Waals surface area contributed by atoms with Crippen molar-refractivity contribution in [3.05, 3.63) is 47.5 Å². The summed E-state index contributed by atoms with van der Waals surface area (Å²) in [6.07, 6.45) is 1.15. The molecule has 0 atom stereocenters. The van der Waals surface area contributed by atoms with Crippen molar-refractivity contribution in [1.82, 2.24) is 0 Å². The Morgan fingerprint density at radius 2 is 1.85 bits per heavy atom. The summed E-state index contributed by atoms with van der Waals surface area (Å²) in [6, 6.07) is 11.4. The van der Waals surface area contributed by atoms with Crippen molar-refractivity contribution in [3.8, 4) is 11.5 Å². The molecule has 0 aromatic heterocycles. The molecule has 0 saturated heterocycles. The monoisotopic (exact) mass is 412 g/mol. The van der Waals surface area contributed by atoms with Crippen LogP contribution < -0.4 is 19.1 Å². The summed E-state index contributed by atoms with van der Waals surface area (Å²) in [6.45, 7) is 1.85. The summed E-state index contributed by atoms with van der Waals surface area (Å²) >= 11 is 5.93. The Kier molecular flexibility index (Phi) is 6.92. The van der Waals surface area contributed by atoms with E-state index in [0.29, 0.717) is 34.4 Å². The highest BCUT2D eigenvalue weighted by atomic mass is 35.5. The average molecular weight is 413 g/mol. The number of hydrogen-bond acceptors (Lipinski definition) is 5. The van der Waals surface area contributed by atoms with Crippen LogP contribution in [0.25, 0.3) is 0 Å². The van der Waals surface area contributed by atoms with Crippen LogP contribution in [-0.4, -0.2) is 40.8 Å². The van der Waals surface area contributed by atoms with Crippen LogP contribution in [0.1, 0.15) is 6.92 Å². The van der Waals surface area contributed by atoms with E-state index < -0.39 is 10.0 Å². The molecule has 0 spiro atoms. The third-order valence-corrected chi connectivity index (χ3v) is 5.12. The summed E-state index contributed by atoms with van der Waals surface area (Å²) in [5.41, 5.74) is 0.973. The topological polar surface area (TPSA) is 84.9 Å². The molecule has 9 heteroatoms. The molecule has 146 valence electrons. The van der Waals surface area contributed by atoms with Crippen molar-refractivity contribution in [2.24, 2.45) is 0 Å². The van der Waals surface area contributed by atoms with Gasteiger partial charge in [-0.1, -0.05) is 11.6 Å². The lowest BCUT2D eigenvalue weighted by atomic mass is 10.3. The number of rotatable bonds is 8. The number of carbonyl (C=O) groups is 1. The van der Waals surface area contributed by atoms with Gasteiger partial charge in [0.1, 0.15) is 11.5 Å². The molecule has 0 saturated carbocycles. The Morgan fingerprint density at radius 1 is 1.19 bits per heavy atom. The van der Waals surface area contributed by atoms with E-state index in [0.717, 1.165) is 6.26 Å². The molecular formula is C18H21ClN2O5S. The maximum atomic E-state index is 12.1. The summed E-state index contributed by atoms with van der Waals surface area (Å²) < 4.78 is 35.4. The smallest absolute Gasteiger partial charge is 0.262 e. The number of ether oxygens (including phenoxy) is 2. The Labute approximate surface area is 163 Å². The first-order chi connectivity index (χ1) is 12.7. The van der Waals surface area contributed by atoms with Crippen LogP contribution in [0.5, 0.6) is 11.5 Å². The number of amides is 1. The van der Waals surface area contributed by atoms with Crippen LogP contribution in [-0.2, 0) is 14.8 Å². The van der Waals surface area contributed by atoms with Gasteiger partial charge in [-0.25, -0.2) is 8.42 Å². The molecule has 2 rings (SSSR count). The molecule has 0 aliphatic rings. The average Bonchev–Trinajstić information content (AvgIpc) is 2.60. The van der Waals surface area contributed by atoms with Crippen LogP contribution in [0.2, 0.25) is 5.02 Å². The van der Waals surface area contributed by atoms with Crippen molar-refractivity contribution in [2.45, 2.75) is 6.92 Å². The van der Waals surface area contributed by atoms with Gasteiger partial charge in [-0.2, -0.15) is 0 Å². The molecule has 0 fully saturated rings. The van der Waals surface area contributed by atoms with Crippen molar-refractivity contribution >= 4 is 38.9 Å². The molecule has 27 heavy (non-hydrogen) atoms. The first-order valence-electron chi connectivity index (χ1n) is 8.08. The van der Waals surface area contributed by atoms with Gasteiger partial charge in [-0.3, -0.25) is 9.10 Å². The minimum atomic E-state index is -3.35. The fourth-order valence-electron chi connectivity index (χ4n) is 2.43. The zero-order valence-electron chi connectivity index (χ0n) is 15.2. The maximum absolute atomic E-state index is 12.1. The highest BCUT2D eigenvalue weighted by Crippen LogP contribution is 2.27. The largest absolute Gasteiger partial charge is 0.495 e. The van der Waals surface area contributed by atoms with Crippen molar-refractivity contribution in [3.63, 3.8) is 0 Å². The number of methoxy groups -OCH3 is 1. The van der Waals surface area contributed by atoms with E-state index in [2.05, 4.69) is 5.32 Å². The van der Waals surface area contributed by atoms with E-state index in [1.807, 2.05) is 0 Å². The van der Waals surface area contributed by atoms with Gasteiger partial charge in [0.2, 0.25) is 10.0 Å². The van der Waals surface area contributed by atoms with E-state index >= 15 is 0 Å². The lowest BCUT2D eigenvalue weighted by Crippen LogP contribution is -2.29. The summed E-state index contributed by atoms with van der Waals surface area (Å²) in [5.74, 6) is 0.542. The van der Waals surface area contributed by atoms with Gasteiger partial charge in [0, 0.05) is 11.6 Å². The molecule has 2 aromatic rings. The van der Waals surface area contributed by atoms with Crippen LogP contribution in [0.3, 0.4) is 0 Å². The predicted octanol–water partition coefficient (Wildman–Crippen LogP) is 3.15. The first kappa shape index (κ1) is 20.9. The van der Waals surface area contributed by atoms with Crippen molar-refractivity contribution in [2.75, 3.05) is 36.1 Å². The molecule has 0 radical (unpaired) electrons. The number of nitrogens with zero attached hydrogens (tertiary/aromatic N) is 1. The quantitative estimate of drug-likeness (QED) is 0.719. The highest BCUT2D eigenvalue weighted by Gasteiger charge is 2.15. The Bertz CT molecular complexity index is 900. The fourth-order valence-corrected chi connectivity index (χ4v) is 3.58. The highest BCUT2D eigenvalue weighted by molar-refractivity contribution is 7.92. The van der Waals surface area contributed by atoms with Crippen LogP contribution >= 0.6 is 11.6 Å². The number of nitrogens with one attached hydrogen (secondary N) is 1. The lowest BCUT2D eigenvalue weighted by molar-refractivity contribution is -0.118. The van der Waals surface area contributed by atoms with Crippen molar-refractivity contribution < 1.29 is 22.7 Å². The zero-order chi connectivity index (χ0) is 20.0.